The van der Waals surface area contributed by atoms with E-state index in [9.17, 15) is 4.79 Å². The Morgan fingerprint density at radius 2 is 1.39 bits per heavy atom. The second-order valence-electron chi connectivity index (χ2n) is 7.48. The van der Waals surface area contributed by atoms with Gasteiger partial charge in [-0.05, 0) is 66.6 Å². The highest BCUT2D eigenvalue weighted by atomic mass is 16.5. The van der Waals surface area contributed by atoms with E-state index in [2.05, 4.69) is 22.4 Å². The summed E-state index contributed by atoms with van der Waals surface area (Å²) >= 11 is 0. The molecule has 1 heterocycles. The van der Waals surface area contributed by atoms with Gasteiger partial charge >= 0.3 is 0 Å². The number of carbonyl (C=O) groups excluding carboxylic acids is 1. The smallest absolute Gasteiger partial charge is 0.250 e. The Labute approximate surface area is 193 Å². The number of amides is 1. The minimum Gasteiger partial charge on any atom is -0.457 e. The average Bonchev–Trinajstić information content (AvgIpc) is 2.85. The highest BCUT2D eigenvalue weighted by molar-refractivity contribution is 5.92. The predicted octanol–water partition coefficient (Wildman–Crippen LogP) is 5.10. The molecule has 0 aliphatic heterocycles. The molecule has 1 aromatic heterocycles. The Kier molecular flexibility index (Phi) is 7.30. The number of pyridine rings is 1. The zero-order chi connectivity index (χ0) is 22.9. The van der Waals surface area contributed by atoms with Crippen molar-refractivity contribution in [1.82, 2.24) is 10.3 Å². The van der Waals surface area contributed by atoms with E-state index >= 15 is 0 Å². The molecule has 0 spiro atoms. The first-order chi connectivity index (χ1) is 16.2. The highest BCUT2D eigenvalue weighted by Gasteiger charge is 2.03. The van der Waals surface area contributed by atoms with Crippen LogP contribution in [0.25, 0.3) is 0 Å². The van der Waals surface area contributed by atoms with Crippen LogP contribution in [-0.2, 0) is 13.0 Å². The van der Waals surface area contributed by atoms with Crippen molar-refractivity contribution in [3.05, 3.63) is 114 Å². The second-order valence-corrected chi connectivity index (χ2v) is 7.48. The summed E-state index contributed by atoms with van der Waals surface area (Å²) in [5.41, 5.74) is 7.98. The third-order valence-electron chi connectivity index (χ3n) is 4.99. The van der Waals surface area contributed by atoms with Crippen LogP contribution in [0.2, 0.25) is 0 Å². The van der Waals surface area contributed by atoms with E-state index in [0.29, 0.717) is 17.2 Å². The number of nitrogens with two attached hydrogens (primary N) is 1. The van der Waals surface area contributed by atoms with Gasteiger partial charge in [-0.1, -0.05) is 42.5 Å². The molecule has 166 valence electrons. The summed E-state index contributed by atoms with van der Waals surface area (Å²) < 4.78 is 11.5. The number of nitrogens with zero attached hydrogens (tertiary/aromatic N) is 1. The molecule has 0 saturated heterocycles. The van der Waals surface area contributed by atoms with Crippen molar-refractivity contribution < 1.29 is 14.3 Å². The topological polar surface area (TPSA) is 86.5 Å². The van der Waals surface area contributed by atoms with Gasteiger partial charge in [-0.15, -0.1) is 0 Å². The second kappa shape index (κ2) is 10.9. The lowest BCUT2D eigenvalue weighted by Crippen LogP contribution is -2.16. The maximum Gasteiger partial charge on any atom is 0.250 e. The summed E-state index contributed by atoms with van der Waals surface area (Å²) in [6.45, 7) is 1.65. The lowest BCUT2D eigenvalue weighted by atomic mass is 10.1. The normalized spacial score (nSPS) is 10.5. The molecular weight excluding hydrogens is 414 g/mol. The van der Waals surface area contributed by atoms with E-state index < -0.39 is 5.91 Å². The van der Waals surface area contributed by atoms with Crippen molar-refractivity contribution in [2.24, 2.45) is 5.73 Å². The fraction of sp³-hybridized carbons (Fsp3) is 0.111. The molecule has 0 unspecified atom stereocenters. The molecule has 0 aliphatic rings. The summed E-state index contributed by atoms with van der Waals surface area (Å²) in [6, 6.07) is 29.0. The molecule has 0 saturated carbocycles. The molecule has 6 heteroatoms. The summed E-state index contributed by atoms with van der Waals surface area (Å²) in [7, 11) is 0. The number of carbonyl (C=O) groups is 1. The van der Waals surface area contributed by atoms with Crippen molar-refractivity contribution >= 4 is 5.91 Å². The number of primary amides is 1. The van der Waals surface area contributed by atoms with Gasteiger partial charge in [0.1, 0.15) is 17.2 Å². The first kappa shape index (κ1) is 22.0. The van der Waals surface area contributed by atoms with E-state index in [4.69, 9.17) is 15.2 Å². The molecule has 6 nitrogen and oxygen atoms in total. The summed E-state index contributed by atoms with van der Waals surface area (Å²) in [5, 5.41) is 3.47. The number of rotatable bonds is 10. The van der Waals surface area contributed by atoms with Gasteiger partial charge in [-0.25, -0.2) is 4.98 Å². The van der Waals surface area contributed by atoms with Gasteiger partial charge in [0.05, 0.1) is 5.56 Å². The highest BCUT2D eigenvalue weighted by Crippen LogP contribution is 2.22. The first-order valence-electron chi connectivity index (χ1n) is 10.7. The molecule has 33 heavy (non-hydrogen) atoms. The van der Waals surface area contributed by atoms with Crippen LogP contribution < -0.4 is 20.5 Å². The largest absolute Gasteiger partial charge is 0.457 e. The Hall–Kier alpha value is -4.16. The minimum absolute atomic E-state index is 0.349. The van der Waals surface area contributed by atoms with Crippen LogP contribution in [0.5, 0.6) is 23.1 Å². The number of para-hydroxylation sites is 1. The van der Waals surface area contributed by atoms with Crippen LogP contribution in [0, 0.1) is 0 Å². The monoisotopic (exact) mass is 439 g/mol. The zero-order valence-corrected chi connectivity index (χ0v) is 18.1. The molecular formula is C27H25N3O3. The molecule has 4 rings (SSSR count). The van der Waals surface area contributed by atoms with E-state index in [0.717, 1.165) is 31.0 Å². The van der Waals surface area contributed by atoms with Gasteiger partial charge in [0.25, 0.3) is 0 Å². The van der Waals surface area contributed by atoms with Gasteiger partial charge < -0.3 is 20.5 Å². The van der Waals surface area contributed by atoms with Gasteiger partial charge in [-0.3, -0.25) is 4.79 Å². The van der Waals surface area contributed by atoms with Gasteiger partial charge in [0, 0.05) is 18.8 Å². The first-order valence-corrected chi connectivity index (χ1v) is 10.7. The number of nitrogens with one attached hydrogen (secondary N) is 1. The van der Waals surface area contributed by atoms with Crippen LogP contribution in [0.3, 0.4) is 0 Å². The van der Waals surface area contributed by atoms with E-state index in [1.54, 1.807) is 12.1 Å². The molecule has 3 aromatic carbocycles. The van der Waals surface area contributed by atoms with Crippen molar-refractivity contribution in [3.8, 4) is 23.1 Å². The fourth-order valence-corrected chi connectivity index (χ4v) is 3.20. The molecule has 0 bridgehead atoms. The third kappa shape index (κ3) is 6.66. The average molecular weight is 440 g/mol. The number of aromatic nitrogens is 1. The minimum atomic E-state index is -0.513. The quantitative estimate of drug-likeness (QED) is 0.336. The van der Waals surface area contributed by atoms with Crippen LogP contribution in [0.4, 0.5) is 0 Å². The van der Waals surface area contributed by atoms with Crippen molar-refractivity contribution in [2.75, 3.05) is 6.54 Å². The molecule has 0 aliphatic carbocycles. The lowest BCUT2D eigenvalue weighted by Gasteiger charge is -2.09. The lowest BCUT2D eigenvalue weighted by molar-refractivity contribution is 0.1000. The maximum absolute atomic E-state index is 11.1. The van der Waals surface area contributed by atoms with Gasteiger partial charge in [-0.2, -0.15) is 0 Å². The van der Waals surface area contributed by atoms with Crippen molar-refractivity contribution in [3.63, 3.8) is 0 Å². The Morgan fingerprint density at radius 1 is 0.758 bits per heavy atom. The van der Waals surface area contributed by atoms with Gasteiger partial charge in [0.15, 0.2) is 0 Å². The molecule has 0 fully saturated rings. The SMILES string of the molecule is NC(=O)c1ccc(Oc2ccc(CCNCc3ccc(Oc4ccccc4)cc3)cc2)nc1. The summed E-state index contributed by atoms with van der Waals surface area (Å²) in [5.74, 6) is 2.24. The molecule has 0 radical (unpaired) electrons. The predicted molar refractivity (Wildman–Crippen MR) is 128 cm³/mol. The Morgan fingerprint density at radius 3 is 2.03 bits per heavy atom. The van der Waals surface area contributed by atoms with Crippen LogP contribution >= 0.6 is 0 Å². The number of hydrogen-bond donors (Lipinski definition) is 2. The third-order valence-corrected chi connectivity index (χ3v) is 4.99. The standard InChI is InChI=1S/C27H25N3O3/c28-27(31)22-10-15-26(30-19-22)33-25-11-6-20(7-12-25)16-17-29-18-21-8-13-24(14-9-21)32-23-4-2-1-3-5-23/h1-15,19,29H,16-18H2,(H2,28,31). The molecule has 3 N–H and O–H groups in total. The number of hydrogen-bond acceptors (Lipinski definition) is 5. The Bertz CT molecular complexity index is 1160. The zero-order valence-electron chi connectivity index (χ0n) is 18.1. The van der Waals surface area contributed by atoms with Gasteiger partial charge in [0.2, 0.25) is 11.8 Å². The van der Waals surface area contributed by atoms with Crippen molar-refractivity contribution in [2.45, 2.75) is 13.0 Å². The Balaban J connectivity index is 1.19. The van der Waals surface area contributed by atoms with Crippen LogP contribution in [0.15, 0.2) is 97.2 Å². The van der Waals surface area contributed by atoms with E-state index in [-0.39, 0.29) is 0 Å². The van der Waals surface area contributed by atoms with Crippen LogP contribution in [-0.4, -0.2) is 17.4 Å². The van der Waals surface area contributed by atoms with E-state index in [1.807, 2.05) is 66.7 Å². The number of benzene rings is 3. The maximum atomic E-state index is 11.1. The fourth-order valence-electron chi connectivity index (χ4n) is 3.20. The summed E-state index contributed by atoms with van der Waals surface area (Å²) in [6.07, 6.45) is 2.31. The van der Waals surface area contributed by atoms with Crippen LogP contribution in [0.1, 0.15) is 21.5 Å². The molecule has 4 aromatic rings. The number of ether oxygens (including phenoxy) is 2. The van der Waals surface area contributed by atoms with E-state index in [1.165, 1.54) is 17.3 Å². The summed E-state index contributed by atoms with van der Waals surface area (Å²) in [4.78, 5) is 15.2. The molecule has 1 amide bonds. The van der Waals surface area contributed by atoms with Crippen molar-refractivity contribution in [1.29, 1.82) is 0 Å². The molecule has 0 atom stereocenters.